The third kappa shape index (κ3) is 23.5. The first-order valence-corrected chi connectivity index (χ1v) is 34.7. The van der Waals surface area contributed by atoms with Gasteiger partial charge in [-0.3, -0.25) is 38.4 Å². The quantitative estimate of drug-likeness (QED) is 0.0216. The summed E-state index contributed by atoms with van der Waals surface area (Å²) in [5.41, 5.74) is 4.72. The number of hydrogen-bond donors (Lipinski definition) is 5. The Labute approximate surface area is 585 Å². The highest BCUT2D eigenvalue weighted by Crippen LogP contribution is 2.31. The minimum Gasteiger partial charge on any atom is -0.386 e. The fourth-order valence-electron chi connectivity index (χ4n) is 12.7. The molecule has 2 aliphatic heterocycles. The number of anilines is 2. The van der Waals surface area contributed by atoms with Crippen molar-refractivity contribution in [1.82, 2.24) is 30.7 Å². The molecule has 2 aliphatic rings. The standard InChI is InChI=1S/C76H106N8O15/c1-13-52(6)70(63(94-11)48-67(88)83-39-21-28-62(83)72(95-12)53(7)73(90)78-54(8)71(89)57-24-15-14-16-25-57)82(10)76(93)68(50(2)3)80-74(91)69(51(4)5)81(9)75(92)58-31-33-60(34-32-58)79-65(86)37-40-96-42-44-98-46-47-99-45-43-97-41-38-77-64(85)35-36-66(87)84-49-59-26-18-17-22-55(59)29-30-56-23-19-20-27-61(56)84/h14-20,22-27,31-34,50-54,62-63,68-72,89H,13,21,28,35-49H2,1-12H3,(H,77,85)(H,78,90)(H,79,86)(H,80,91)/t52-,53+,54+,62-,63+,68-,69-,70-,71+,72+/m0/s1. The fraction of sp³-hybridized carbons (Fsp3) is 0.553. The number of methoxy groups -OCH3 is 2. The van der Waals surface area contributed by atoms with E-state index in [0.717, 1.165) is 22.4 Å². The molecule has 4 aromatic carbocycles. The molecule has 10 atom stereocenters. The number of aliphatic hydroxyl groups is 1. The average molecular weight is 1370 g/mol. The van der Waals surface area contributed by atoms with Gasteiger partial charge in [0.05, 0.1) is 120 Å². The van der Waals surface area contributed by atoms with Crippen LogP contribution in [0.5, 0.6) is 0 Å². The van der Waals surface area contributed by atoms with E-state index < -0.39 is 66.3 Å². The first kappa shape index (κ1) is 79.9. The average Bonchev–Trinajstić information content (AvgIpc) is 1.63. The van der Waals surface area contributed by atoms with E-state index in [2.05, 4.69) is 33.1 Å². The zero-order valence-electron chi connectivity index (χ0n) is 59.9. The first-order chi connectivity index (χ1) is 47.5. The molecule has 23 heteroatoms. The number of likely N-dealkylation sites (N-methyl/N-ethyl adjacent to an activating group) is 2. The number of rotatable bonds is 40. The van der Waals surface area contributed by atoms with Gasteiger partial charge in [-0.1, -0.05) is 127 Å². The van der Waals surface area contributed by atoms with Gasteiger partial charge in [0.2, 0.25) is 41.4 Å². The lowest BCUT2D eigenvalue weighted by molar-refractivity contribution is -0.148. The van der Waals surface area contributed by atoms with Crippen molar-refractivity contribution in [2.45, 2.75) is 155 Å². The fourth-order valence-corrected chi connectivity index (χ4v) is 12.7. The van der Waals surface area contributed by atoms with Gasteiger partial charge in [0, 0.05) is 76.6 Å². The number of carbonyl (C=O) groups excluding carboxylic acids is 8. The molecule has 6 rings (SSSR count). The molecule has 1 fully saturated rings. The van der Waals surface area contributed by atoms with Gasteiger partial charge in [-0.15, -0.1) is 0 Å². The van der Waals surface area contributed by atoms with Gasteiger partial charge in [-0.25, -0.2) is 0 Å². The molecule has 0 aromatic heterocycles. The second kappa shape index (κ2) is 40.9. The van der Waals surface area contributed by atoms with E-state index in [-0.39, 0.29) is 104 Å². The molecular weight excluding hydrogens is 1260 g/mol. The monoisotopic (exact) mass is 1370 g/mol. The lowest BCUT2D eigenvalue weighted by atomic mass is 9.89. The zero-order chi connectivity index (χ0) is 72.1. The van der Waals surface area contributed by atoms with Crippen LogP contribution in [0, 0.1) is 35.5 Å². The lowest BCUT2D eigenvalue weighted by Crippen LogP contribution is -2.60. The molecule has 0 unspecified atom stereocenters. The van der Waals surface area contributed by atoms with Crippen LogP contribution in [-0.4, -0.2) is 204 Å². The number of fused-ring (bicyclic) bond motifs is 2. The maximum absolute atomic E-state index is 14.8. The largest absolute Gasteiger partial charge is 0.386 e. The third-order valence-electron chi connectivity index (χ3n) is 18.4. The van der Waals surface area contributed by atoms with Crippen molar-refractivity contribution in [2.24, 2.45) is 23.7 Å². The molecule has 0 aliphatic carbocycles. The summed E-state index contributed by atoms with van der Waals surface area (Å²) in [5.74, 6) is 2.28. The number of likely N-dealkylation sites (tertiary alicyclic amines) is 1. The molecule has 0 saturated carbocycles. The number of hydrogen-bond acceptors (Lipinski definition) is 15. The van der Waals surface area contributed by atoms with E-state index in [1.54, 1.807) is 79.0 Å². The van der Waals surface area contributed by atoms with Crippen molar-refractivity contribution in [3.05, 3.63) is 131 Å². The number of ether oxygens (including phenoxy) is 6. The Morgan fingerprint density at radius 3 is 1.87 bits per heavy atom. The van der Waals surface area contributed by atoms with Gasteiger partial charge in [-0.05, 0) is 91.1 Å². The molecule has 5 N–H and O–H groups in total. The Morgan fingerprint density at radius 2 is 1.24 bits per heavy atom. The minimum atomic E-state index is -1.01. The number of nitrogens with one attached hydrogen (secondary N) is 4. The van der Waals surface area contributed by atoms with E-state index in [1.807, 2.05) is 108 Å². The molecule has 8 amide bonds. The van der Waals surface area contributed by atoms with Crippen LogP contribution < -0.4 is 26.2 Å². The third-order valence-corrected chi connectivity index (χ3v) is 18.4. The van der Waals surface area contributed by atoms with Crippen LogP contribution in [0.3, 0.4) is 0 Å². The van der Waals surface area contributed by atoms with Crippen molar-refractivity contribution >= 4 is 58.6 Å². The maximum Gasteiger partial charge on any atom is 0.254 e. The van der Waals surface area contributed by atoms with E-state index in [4.69, 9.17) is 28.4 Å². The first-order valence-electron chi connectivity index (χ1n) is 34.7. The molecule has 540 valence electrons. The molecule has 99 heavy (non-hydrogen) atoms. The molecular formula is C76H106N8O15. The SMILES string of the molecule is CC[C@H](C)[C@@H]([C@@H](CC(=O)N1CCC[C@H]1[C@H](OC)[C@@H](C)C(=O)N[C@H](C)[C@@H](O)c1ccccc1)OC)N(C)C(=O)[C@@H](NC(=O)[C@H](C(C)C)N(C)C(=O)c1ccc(NC(=O)CCOCCOCCOCCOCCNC(=O)CCC(=O)N2Cc3ccccc3C#Cc3ccccc32)cc1)C(C)C. The van der Waals surface area contributed by atoms with E-state index in [0.29, 0.717) is 83.2 Å². The van der Waals surface area contributed by atoms with Gasteiger partial charge in [0.1, 0.15) is 12.1 Å². The predicted molar refractivity (Wildman–Crippen MR) is 378 cm³/mol. The summed E-state index contributed by atoms with van der Waals surface area (Å²) in [5, 5.41) is 22.5. The van der Waals surface area contributed by atoms with Crippen molar-refractivity contribution in [2.75, 3.05) is 104 Å². The highest BCUT2D eigenvalue weighted by atomic mass is 16.6. The van der Waals surface area contributed by atoms with E-state index in [1.165, 1.54) is 19.1 Å². The van der Waals surface area contributed by atoms with Gasteiger partial charge < -0.3 is 74.4 Å². The Bertz CT molecular complexity index is 3320. The minimum absolute atomic E-state index is 0.0425. The zero-order valence-corrected chi connectivity index (χ0v) is 59.9. The topological polar surface area (TPSA) is 273 Å². The van der Waals surface area contributed by atoms with Crippen LogP contribution in [0.1, 0.15) is 139 Å². The van der Waals surface area contributed by atoms with Crippen LogP contribution in [-0.2, 0) is 68.5 Å². The second-order valence-corrected chi connectivity index (χ2v) is 26.2. The van der Waals surface area contributed by atoms with Crippen molar-refractivity contribution in [3.8, 4) is 11.8 Å². The number of para-hydroxylation sites is 1. The number of amides is 8. The summed E-state index contributed by atoms with van der Waals surface area (Å²) in [7, 11) is 6.25. The maximum atomic E-state index is 14.8. The van der Waals surface area contributed by atoms with Gasteiger partial charge in [0.15, 0.2) is 0 Å². The summed E-state index contributed by atoms with van der Waals surface area (Å²) >= 11 is 0. The number of aliphatic hydroxyl groups excluding tert-OH is 1. The number of carbonyl (C=O) groups is 8. The summed E-state index contributed by atoms with van der Waals surface area (Å²) in [6.07, 6.45) is -0.266. The van der Waals surface area contributed by atoms with Crippen LogP contribution in [0.15, 0.2) is 103 Å². The van der Waals surface area contributed by atoms with Gasteiger partial charge in [0.25, 0.3) is 5.91 Å². The lowest BCUT2D eigenvalue weighted by Gasteiger charge is -2.41. The van der Waals surface area contributed by atoms with Crippen molar-refractivity contribution in [1.29, 1.82) is 0 Å². The Hall–Kier alpha value is -8.08. The molecule has 0 bridgehead atoms. The van der Waals surface area contributed by atoms with E-state index >= 15 is 0 Å². The Balaban J connectivity index is 0.864. The number of benzene rings is 4. The summed E-state index contributed by atoms with van der Waals surface area (Å²) in [6.45, 7) is 18.2. The highest BCUT2D eigenvalue weighted by molar-refractivity contribution is 6.00. The predicted octanol–water partition coefficient (Wildman–Crippen LogP) is 7.32. The van der Waals surface area contributed by atoms with Crippen LogP contribution in [0.2, 0.25) is 0 Å². The summed E-state index contributed by atoms with van der Waals surface area (Å²) in [4.78, 5) is 117. The van der Waals surface area contributed by atoms with Crippen LogP contribution in [0.25, 0.3) is 0 Å². The van der Waals surface area contributed by atoms with Gasteiger partial charge in [-0.2, -0.15) is 0 Å². The molecule has 23 nitrogen and oxygen atoms in total. The van der Waals surface area contributed by atoms with Crippen LogP contribution in [0.4, 0.5) is 11.4 Å². The molecule has 0 spiro atoms. The second-order valence-electron chi connectivity index (χ2n) is 26.2. The summed E-state index contributed by atoms with van der Waals surface area (Å²) < 4.78 is 34.4. The Kier molecular flexibility index (Phi) is 33.0. The van der Waals surface area contributed by atoms with Crippen LogP contribution >= 0.6 is 0 Å². The molecule has 2 heterocycles. The van der Waals surface area contributed by atoms with E-state index in [9.17, 15) is 43.5 Å². The normalized spacial score (nSPS) is 16.2. The summed E-state index contributed by atoms with van der Waals surface area (Å²) in [6, 6.07) is 27.1. The van der Waals surface area contributed by atoms with Gasteiger partial charge >= 0.3 is 0 Å². The molecule has 4 aromatic rings. The van der Waals surface area contributed by atoms with Crippen molar-refractivity contribution in [3.63, 3.8) is 0 Å². The Morgan fingerprint density at radius 1 is 0.636 bits per heavy atom. The molecule has 0 radical (unpaired) electrons. The molecule has 1 saturated heterocycles. The smallest absolute Gasteiger partial charge is 0.254 e. The number of nitrogens with zero attached hydrogens (tertiary/aromatic N) is 4. The highest BCUT2D eigenvalue weighted by Gasteiger charge is 2.44. The van der Waals surface area contributed by atoms with Crippen molar-refractivity contribution < 1.29 is 71.9 Å².